The number of fused-ring (bicyclic) bond motifs is 2. The third-order valence-corrected chi connectivity index (χ3v) is 6.68. The molecule has 0 radical (unpaired) electrons. The summed E-state index contributed by atoms with van der Waals surface area (Å²) in [4.78, 5) is 27.5. The van der Waals surface area contributed by atoms with E-state index in [2.05, 4.69) is 33.8 Å². The minimum atomic E-state index is 0.112. The third-order valence-electron chi connectivity index (χ3n) is 6.68. The van der Waals surface area contributed by atoms with Gasteiger partial charge in [-0.3, -0.25) is 4.79 Å². The molecule has 2 aliphatic rings. The van der Waals surface area contributed by atoms with Gasteiger partial charge in [0.2, 0.25) is 11.9 Å². The molecule has 0 spiro atoms. The van der Waals surface area contributed by atoms with Crippen LogP contribution in [0, 0.1) is 0 Å². The Morgan fingerprint density at radius 2 is 1.82 bits per heavy atom. The van der Waals surface area contributed by atoms with Crippen LogP contribution in [0.15, 0.2) is 30.5 Å². The predicted molar refractivity (Wildman–Crippen MR) is 134 cm³/mol. The SMILES string of the molecule is CN(C)c1nc(N[C@H]2CC[C@@H](NC(=O)Cc3c[nH]c4c3=CCCC=4)CC2)nc2ccccc12. The largest absolute Gasteiger partial charge is 0.362 e. The number of amides is 1. The summed E-state index contributed by atoms with van der Waals surface area (Å²) in [5, 5.41) is 10.2. The molecule has 0 bridgehead atoms. The fourth-order valence-corrected chi connectivity index (χ4v) is 4.99. The van der Waals surface area contributed by atoms with Gasteiger partial charge in [-0.25, -0.2) is 4.98 Å². The number of aromatic nitrogens is 3. The van der Waals surface area contributed by atoms with Crippen LogP contribution in [0.3, 0.4) is 0 Å². The van der Waals surface area contributed by atoms with E-state index in [0.29, 0.717) is 18.4 Å². The van der Waals surface area contributed by atoms with Crippen molar-refractivity contribution in [3.05, 3.63) is 46.6 Å². The number of nitrogens with zero attached hydrogens (tertiary/aromatic N) is 3. The van der Waals surface area contributed by atoms with Gasteiger partial charge < -0.3 is 20.5 Å². The van der Waals surface area contributed by atoms with E-state index in [9.17, 15) is 4.79 Å². The summed E-state index contributed by atoms with van der Waals surface area (Å²) in [5.74, 6) is 1.71. The number of benzene rings is 1. The summed E-state index contributed by atoms with van der Waals surface area (Å²) >= 11 is 0. The maximum atomic E-state index is 12.7. The molecule has 0 aliphatic heterocycles. The van der Waals surface area contributed by atoms with Gasteiger partial charge in [0.05, 0.1) is 11.9 Å². The predicted octanol–water partition coefficient (Wildman–Crippen LogP) is 2.46. The Labute approximate surface area is 194 Å². The molecule has 0 atom stereocenters. The summed E-state index contributed by atoms with van der Waals surface area (Å²) in [5.41, 5.74) is 2.04. The van der Waals surface area contributed by atoms with E-state index >= 15 is 0 Å². The van der Waals surface area contributed by atoms with Crippen LogP contribution in [0.2, 0.25) is 0 Å². The van der Waals surface area contributed by atoms with Gasteiger partial charge >= 0.3 is 0 Å². The van der Waals surface area contributed by atoms with E-state index in [4.69, 9.17) is 9.97 Å². The average molecular weight is 445 g/mol. The highest BCUT2D eigenvalue weighted by atomic mass is 16.1. The molecule has 7 heteroatoms. The molecule has 7 nitrogen and oxygen atoms in total. The first-order valence-corrected chi connectivity index (χ1v) is 11.9. The molecule has 1 saturated carbocycles. The molecule has 5 rings (SSSR count). The number of rotatable bonds is 6. The maximum Gasteiger partial charge on any atom is 0.225 e. The van der Waals surface area contributed by atoms with Crippen LogP contribution < -0.4 is 26.1 Å². The van der Waals surface area contributed by atoms with Gasteiger partial charge in [-0.2, -0.15) is 4.98 Å². The van der Waals surface area contributed by atoms with Crippen LogP contribution in [0.1, 0.15) is 44.1 Å². The standard InChI is InChI=1S/C26H32N6O/c1-32(2)25-21-8-4-6-10-23(21)30-26(31-25)29-19-13-11-18(12-14-19)28-24(33)15-17-16-27-22-9-5-3-7-20(17)22/h4,6-10,16,18-19,27H,3,5,11-15H2,1-2H3,(H,28,33)(H,29,30,31)/t18-,19+. The van der Waals surface area contributed by atoms with Crippen molar-refractivity contribution in [3.63, 3.8) is 0 Å². The van der Waals surface area contributed by atoms with Gasteiger partial charge in [0, 0.05) is 43.1 Å². The van der Waals surface area contributed by atoms with Crippen LogP contribution in [-0.4, -0.2) is 47.0 Å². The summed E-state index contributed by atoms with van der Waals surface area (Å²) in [6.07, 6.45) is 12.9. The lowest BCUT2D eigenvalue weighted by molar-refractivity contribution is -0.121. The van der Waals surface area contributed by atoms with E-state index < -0.39 is 0 Å². The highest BCUT2D eigenvalue weighted by Gasteiger charge is 2.23. The van der Waals surface area contributed by atoms with E-state index in [0.717, 1.165) is 66.2 Å². The second-order valence-electron chi connectivity index (χ2n) is 9.35. The zero-order valence-electron chi connectivity index (χ0n) is 19.4. The zero-order chi connectivity index (χ0) is 22.8. The first-order valence-electron chi connectivity index (χ1n) is 11.9. The lowest BCUT2D eigenvalue weighted by Gasteiger charge is -2.30. The summed E-state index contributed by atoms with van der Waals surface area (Å²) < 4.78 is 0. The van der Waals surface area contributed by atoms with E-state index in [1.54, 1.807) is 0 Å². The number of nitrogens with one attached hydrogen (secondary N) is 3. The number of H-pyrrole nitrogens is 1. The van der Waals surface area contributed by atoms with Crippen LogP contribution in [0.4, 0.5) is 11.8 Å². The van der Waals surface area contributed by atoms with Crippen molar-refractivity contribution >= 4 is 40.7 Å². The summed E-state index contributed by atoms with van der Waals surface area (Å²) in [6, 6.07) is 8.65. The van der Waals surface area contributed by atoms with E-state index in [1.165, 1.54) is 5.22 Å². The van der Waals surface area contributed by atoms with Gasteiger partial charge in [-0.1, -0.05) is 24.3 Å². The van der Waals surface area contributed by atoms with Gasteiger partial charge in [-0.05, 0) is 61.4 Å². The molecular weight excluding hydrogens is 412 g/mol. The number of carbonyl (C=O) groups is 1. The quantitative estimate of drug-likeness (QED) is 0.544. The first-order chi connectivity index (χ1) is 16.1. The fraction of sp³-hybridized carbons (Fsp3) is 0.423. The molecule has 0 saturated heterocycles. The zero-order valence-corrected chi connectivity index (χ0v) is 19.4. The van der Waals surface area contributed by atoms with Crippen LogP contribution in [0.25, 0.3) is 23.1 Å². The molecule has 1 aromatic carbocycles. The monoisotopic (exact) mass is 444 g/mol. The minimum absolute atomic E-state index is 0.112. The highest BCUT2D eigenvalue weighted by Crippen LogP contribution is 2.26. The van der Waals surface area contributed by atoms with Crippen LogP contribution in [0.5, 0.6) is 0 Å². The molecule has 2 aromatic heterocycles. The van der Waals surface area contributed by atoms with Gasteiger partial charge in [-0.15, -0.1) is 0 Å². The Bertz CT molecular complexity index is 1270. The Hall–Kier alpha value is -3.35. The summed E-state index contributed by atoms with van der Waals surface area (Å²) in [6.45, 7) is 0. The van der Waals surface area contributed by atoms with Gasteiger partial charge in [0.15, 0.2) is 0 Å². The number of aromatic amines is 1. The van der Waals surface area contributed by atoms with Crippen molar-refractivity contribution in [1.29, 1.82) is 0 Å². The molecule has 1 amide bonds. The molecule has 2 heterocycles. The maximum absolute atomic E-state index is 12.7. The average Bonchev–Trinajstić information content (AvgIpc) is 3.22. The molecule has 3 aromatic rings. The lowest BCUT2D eigenvalue weighted by atomic mass is 9.91. The van der Waals surface area contributed by atoms with Gasteiger partial charge in [0.1, 0.15) is 5.82 Å². The highest BCUT2D eigenvalue weighted by molar-refractivity contribution is 5.90. The number of hydrogen-bond donors (Lipinski definition) is 3. The van der Waals surface area contributed by atoms with E-state index in [-0.39, 0.29) is 11.9 Å². The van der Waals surface area contributed by atoms with Crippen LogP contribution in [-0.2, 0) is 11.2 Å². The van der Waals surface area contributed by atoms with Crippen molar-refractivity contribution in [1.82, 2.24) is 20.3 Å². The normalized spacial score (nSPS) is 19.8. The Kier molecular flexibility index (Phi) is 6.03. The molecule has 2 aliphatic carbocycles. The Morgan fingerprint density at radius 1 is 1.06 bits per heavy atom. The first kappa shape index (κ1) is 21.5. The van der Waals surface area contributed by atoms with Crippen molar-refractivity contribution in [2.75, 3.05) is 24.3 Å². The molecule has 1 fully saturated rings. The third kappa shape index (κ3) is 4.72. The number of para-hydroxylation sites is 1. The smallest absolute Gasteiger partial charge is 0.225 e. The second-order valence-corrected chi connectivity index (χ2v) is 9.35. The molecule has 33 heavy (non-hydrogen) atoms. The number of hydrogen-bond acceptors (Lipinski definition) is 5. The number of anilines is 2. The second kappa shape index (κ2) is 9.25. The lowest BCUT2D eigenvalue weighted by Crippen LogP contribution is -2.41. The molecule has 0 unspecified atom stereocenters. The minimum Gasteiger partial charge on any atom is -0.362 e. The Morgan fingerprint density at radius 3 is 2.64 bits per heavy atom. The van der Waals surface area contributed by atoms with Crippen LogP contribution >= 0.6 is 0 Å². The topological polar surface area (TPSA) is 85.9 Å². The fourth-order valence-electron chi connectivity index (χ4n) is 4.99. The van der Waals surface area contributed by atoms with Crippen molar-refractivity contribution < 1.29 is 4.79 Å². The molecule has 172 valence electrons. The molecule has 3 N–H and O–H groups in total. The van der Waals surface area contributed by atoms with Crippen molar-refractivity contribution in [2.24, 2.45) is 0 Å². The Balaban J connectivity index is 1.17. The number of carbonyl (C=O) groups excluding carboxylic acids is 1. The van der Waals surface area contributed by atoms with Gasteiger partial charge in [0.25, 0.3) is 0 Å². The van der Waals surface area contributed by atoms with Crippen molar-refractivity contribution in [3.8, 4) is 0 Å². The summed E-state index contributed by atoms with van der Waals surface area (Å²) in [7, 11) is 4.01. The molecular formula is C26H32N6O. The van der Waals surface area contributed by atoms with E-state index in [1.807, 2.05) is 43.4 Å². The van der Waals surface area contributed by atoms with Crippen molar-refractivity contribution in [2.45, 2.75) is 57.0 Å².